The first-order valence-electron chi connectivity index (χ1n) is 4.22. The van der Waals surface area contributed by atoms with Gasteiger partial charge in [0.05, 0.1) is 11.5 Å². The highest BCUT2D eigenvalue weighted by atomic mass is 28.2. The van der Waals surface area contributed by atoms with Crippen LogP contribution in [0.4, 0.5) is 0 Å². The van der Waals surface area contributed by atoms with E-state index >= 15 is 0 Å². The lowest BCUT2D eigenvalue weighted by Gasteiger charge is -2.30. The Balaban J connectivity index is 4.32. The van der Waals surface area contributed by atoms with Crippen LogP contribution in [0.1, 0.15) is 20.8 Å². The minimum atomic E-state index is -1.04. The molecule has 0 bridgehead atoms. The number of hydrogen-bond acceptors (Lipinski definition) is 3. The van der Waals surface area contributed by atoms with Crippen LogP contribution in [0.3, 0.4) is 0 Å². The Morgan fingerprint density at radius 3 is 1.77 bits per heavy atom. The summed E-state index contributed by atoms with van der Waals surface area (Å²) in [5.74, 6) is 0.0796. The van der Waals surface area contributed by atoms with Crippen LogP contribution in [0.15, 0.2) is 24.7 Å². The summed E-state index contributed by atoms with van der Waals surface area (Å²) in [4.78, 5) is 0. The predicted molar refractivity (Wildman–Crippen MR) is 55.7 cm³/mol. The van der Waals surface area contributed by atoms with Crippen LogP contribution in [0.25, 0.3) is 0 Å². The molecule has 0 aromatic rings. The molecular formula is C9H18O3Si. The molecule has 0 saturated carbocycles. The molecule has 0 aliphatic carbocycles. The second-order valence-electron chi connectivity index (χ2n) is 2.90. The molecule has 0 amide bonds. The summed E-state index contributed by atoms with van der Waals surface area (Å²) in [7, 11) is -0.608. The Labute approximate surface area is 82.3 Å². The molecule has 3 nitrogen and oxygen atoms in total. The van der Waals surface area contributed by atoms with Crippen molar-refractivity contribution < 1.29 is 13.9 Å². The van der Waals surface area contributed by atoms with Gasteiger partial charge < -0.3 is 13.9 Å². The van der Waals surface area contributed by atoms with E-state index in [2.05, 4.69) is 13.2 Å². The van der Waals surface area contributed by atoms with Gasteiger partial charge in [-0.15, -0.1) is 0 Å². The molecule has 0 heterocycles. The molecule has 0 radical (unpaired) electrons. The van der Waals surface area contributed by atoms with Crippen LogP contribution in [0.2, 0.25) is 6.55 Å². The Bertz CT molecular complexity index is 185. The SMILES string of the molecule is C=C(C)OC(C)(O[SiH2]C)OC(=C)C. The summed E-state index contributed by atoms with van der Waals surface area (Å²) in [6.07, 6.45) is 0. The van der Waals surface area contributed by atoms with Crippen molar-refractivity contribution in [2.24, 2.45) is 0 Å². The average Bonchev–Trinajstić information content (AvgIpc) is 1.81. The molecule has 0 fully saturated rings. The van der Waals surface area contributed by atoms with Crippen LogP contribution < -0.4 is 0 Å². The zero-order valence-corrected chi connectivity index (χ0v) is 10.3. The summed E-state index contributed by atoms with van der Waals surface area (Å²) in [5.41, 5.74) is 0. The minimum absolute atomic E-state index is 0.561. The van der Waals surface area contributed by atoms with Gasteiger partial charge in [-0.2, -0.15) is 0 Å². The van der Waals surface area contributed by atoms with E-state index in [0.717, 1.165) is 0 Å². The van der Waals surface area contributed by atoms with Crippen molar-refractivity contribution in [3.8, 4) is 0 Å². The monoisotopic (exact) mass is 202 g/mol. The first-order valence-corrected chi connectivity index (χ1v) is 6.22. The van der Waals surface area contributed by atoms with E-state index in [1.807, 2.05) is 6.55 Å². The lowest BCUT2D eigenvalue weighted by molar-refractivity contribution is -0.297. The van der Waals surface area contributed by atoms with E-state index in [1.165, 1.54) is 0 Å². The molecule has 0 saturated heterocycles. The van der Waals surface area contributed by atoms with Crippen LogP contribution in [0, 0.1) is 0 Å². The summed E-state index contributed by atoms with van der Waals surface area (Å²) < 4.78 is 16.1. The van der Waals surface area contributed by atoms with Crippen molar-refractivity contribution in [1.29, 1.82) is 0 Å². The molecule has 0 aliphatic rings. The van der Waals surface area contributed by atoms with Gasteiger partial charge in [0, 0.05) is 6.92 Å². The average molecular weight is 202 g/mol. The first-order chi connectivity index (χ1) is 5.89. The van der Waals surface area contributed by atoms with E-state index in [0.29, 0.717) is 11.5 Å². The first kappa shape index (κ1) is 12.3. The molecule has 76 valence electrons. The zero-order valence-electron chi connectivity index (χ0n) is 8.85. The lowest BCUT2D eigenvalue weighted by Crippen LogP contribution is -2.35. The lowest BCUT2D eigenvalue weighted by atomic mass is 10.5. The predicted octanol–water partition coefficient (Wildman–Crippen LogP) is 1.91. The maximum absolute atomic E-state index is 5.42. The molecule has 0 aromatic heterocycles. The summed E-state index contributed by atoms with van der Waals surface area (Å²) in [6.45, 7) is 14.5. The van der Waals surface area contributed by atoms with E-state index in [-0.39, 0.29) is 0 Å². The molecule has 0 rings (SSSR count). The normalized spacial score (nSPS) is 11.7. The maximum atomic E-state index is 5.42. The van der Waals surface area contributed by atoms with Gasteiger partial charge in [-0.05, 0) is 13.8 Å². The van der Waals surface area contributed by atoms with Crippen molar-refractivity contribution in [3.63, 3.8) is 0 Å². The molecule has 4 heteroatoms. The highest BCUT2D eigenvalue weighted by Gasteiger charge is 2.28. The van der Waals surface area contributed by atoms with Crippen LogP contribution in [-0.2, 0) is 13.9 Å². The highest BCUT2D eigenvalue weighted by molar-refractivity contribution is 6.24. The van der Waals surface area contributed by atoms with Gasteiger partial charge in [0.25, 0.3) is 0 Å². The molecule has 0 N–H and O–H groups in total. The molecular weight excluding hydrogens is 184 g/mol. The number of hydrogen-bond donors (Lipinski definition) is 0. The highest BCUT2D eigenvalue weighted by Crippen LogP contribution is 2.20. The second-order valence-corrected chi connectivity index (χ2v) is 3.77. The fourth-order valence-electron chi connectivity index (χ4n) is 0.975. The summed E-state index contributed by atoms with van der Waals surface area (Å²) in [6, 6.07) is 0. The van der Waals surface area contributed by atoms with Crippen LogP contribution >= 0.6 is 0 Å². The van der Waals surface area contributed by atoms with Gasteiger partial charge in [0.2, 0.25) is 0 Å². The largest absolute Gasteiger partial charge is 0.436 e. The van der Waals surface area contributed by atoms with E-state index in [9.17, 15) is 0 Å². The van der Waals surface area contributed by atoms with Crippen molar-refractivity contribution in [2.45, 2.75) is 33.3 Å². The molecule has 13 heavy (non-hydrogen) atoms. The van der Waals surface area contributed by atoms with Gasteiger partial charge in [0.15, 0.2) is 9.76 Å². The van der Waals surface area contributed by atoms with Gasteiger partial charge in [0.1, 0.15) is 0 Å². The Morgan fingerprint density at radius 1 is 1.15 bits per heavy atom. The molecule has 0 unspecified atom stereocenters. The number of allylic oxidation sites excluding steroid dienone is 2. The minimum Gasteiger partial charge on any atom is -0.436 e. The van der Waals surface area contributed by atoms with Gasteiger partial charge in [-0.3, -0.25) is 0 Å². The van der Waals surface area contributed by atoms with Crippen molar-refractivity contribution in [1.82, 2.24) is 0 Å². The standard InChI is InChI=1S/C9H18O3Si/c1-7(2)10-9(5,12-13-6)11-8(3)4/h1,3,13H2,2,4-6H3. The van der Waals surface area contributed by atoms with Crippen molar-refractivity contribution >= 4 is 9.76 Å². The third-order valence-corrected chi connectivity index (χ3v) is 1.94. The summed E-state index contributed by atoms with van der Waals surface area (Å²) in [5, 5.41) is 0. The van der Waals surface area contributed by atoms with E-state index < -0.39 is 15.7 Å². The number of rotatable bonds is 6. The van der Waals surface area contributed by atoms with Gasteiger partial charge in [-0.1, -0.05) is 19.7 Å². The van der Waals surface area contributed by atoms with E-state index in [1.54, 1.807) is 20.8 Å². The van der Waals surface area contributed by atoms with Gasteiger partial charge >= 0.3 is 5.97 Å². The maximum Gasteiger partial charge on any atom is 0.357 e. The fraction of sp³-hybridized carbons (Fsp3) is 0.556. The van der Waals surface area contributed by atoms with E-state index in [4.69, 9.17) is 13.9 Å². The molecule has 0 aliphatic heterocycles. The Morgan fingerprint density at radius 2 is 1.54 bits per heavy atom. The third kappa shape index (κ3) is 5.49. The topological polar surface area (TPSA) is 27.7 Å². The fourth-order valence-corrected chi connectivity index (χ4v) is 1.62. The number of ether oxygens (including phenoxy) is 2. The smallest absolute Gasteiger partial charge is 0.357 e. The molecule has 0 atom stereocenters. The van der Waals surface area contributed by atoms with Crippen molar-refractivity contribution in [3.05, 3.63) is 24.7 Å². The van der Waals surface area contributed by atoms with Crippen molar-refractivity contribution in [2.75, 3.05) is 0 Å². The van der Waals surface area contributed by atoms with Crippen LogP contribution in [-0.4, -0.2) is 15.7 Å². The zero-order chi connectivity index (χ0) is 10.5. The molecule has 0 aromatic carbocycles. The third-order valence-electron chi connectivity index (χ3n) is 1.13. The van der Waals surface area contributed by atoms with Gasteiger partial charge in [-0.25, -0.2) is 0 Å². The van der Waals surface area contributed by atoms with Crippen LogP contribution in [0.5, 0.6) is 0 Å². The summed E-state index contributed by atoms with van der Waals surface area (Å²) >= 11 is 0. The quantitative estimate of drug-likeness (QED) is 0.374. The molecule has 0 spiro atoms. The Hall–Kier alpha value is -0.743. The second kappa shape index (κ2) is 5.09. The Kier molecular flexibility index (Phi) is 4.80.